The maximum Gasteiger partial charge on any atom is 0.261 e. The highest BCUT2D eigenvalue weighted by molar-refractivity contribution is 6.21. The molecule has 0 atom stereocenters. The fourth-order valence-corrected chi connectivity index (χ4v) is 3.76. The number of hydrogen-bond acceptors (Lipinski definition) is 4. The molecule has 0 saturated heterocycles. The second-order valence-electron chi connectivity index (χ2n) is 7.29. The van der Waals surface area contributed by atoms with Gasteiger partial charge in [-0.2, -0.15) is 0 Å². The van der Waals surface area contributed by atoms with Gasteiger partial charge < -0.3 is 15.4 Å². The Bertz CT molecular complexity index is 951. The van der Waals surface area contributed by atoms with Crippen LogP contribution in [0.4, 0.5) is 0 Å². The van der Waals surface area contributed by atoms with Gasteiger partial charge in [0.15, 0.2) is 5.96 Å². The standard InChI is InChI=1S/C23H26N4O3/c1-2-24-23(25-11-9-16-7-8-20-17(15-16)10-14-30-20)26-12-13-27-21(28)18-5-3-4-6-19(18)22(27)29/h3-8,15H,2,9-14H2,1H3,(H2,24,25,26). The van der Waals surface area contributed by atoms with Crippen molar-refractivity contribution in [1.82, 2.24) is 15.5 Å². The van der Waals surface area contributed by atoms with Crippen LogP contribution in [0.1, 0.15) is 38.8 Å². The van der Waals surface area contributed by atoms with E-state index < -0.39 is 0 Å². The minimum absolute atomic E-state index is 0.236. The second-order valence-corrected chi connectivity index (χ2v) is 7.29. The fourth-order valence-electron chi connectivity index (χ4n) is 3.76. The number of ether oxygens (including phenoxy) is 1. The smallest absolute Gasteiger partial charge is 0.261 e. The van der Waals surface area contributed by atoms with Crippen molar-refractivity contribution in [2.24, 2.45) is 4.99 Å². The molecular weight excluding hydrogens is 380 g/mol. The Labute approximate surface area is 176 Å². The van der Waals surface area contributed by atoms with Gasteiger partial charge in [-0.15, -0.1) is 0 Å². The summed E-state index contributed by atoms with van der Waals surface area (Å²) in [6.45, 7) is 4.87. The first kappa shape index (κ1) is 19.9. The van der Waals surface area contributed by atoms with Crippen molar-refractivity contribution < 1.29 is 14.3 Å². The van der Waals surface area contributed by atoms with Crippen LogP contribution in [0.2, 0.25) is 0 Å². The maximum atomic E-state index is 12.4. The number of imide groups is 1. The number of nitrogens with zero attached hydrogens (tertiary/aromatic N) is 2. The molecule has 2 aromatic rings. The van der Waals surface area contributed by atoms with E-state index in [0.717, 1.165) is 31.7 Å². The number of guanidine groups is 1. The topological polar surface area (TPSA) is 83.0 Å². The Morgan fingerprint density at radius 2 is 1.87 bits per heavy atom. The molecule has 2 aliphatic heterocycles. The van der Waals surface area contributed by atoms with Crippen molar-refractivity contribution in [3.63, 3.8) is 0 Å². The van der Waals surface area contributed by atoms with Gasteiger partial charge in [-0.25, -0.2) is 0 Å². The molecule has 4 rings (SSSR count). The minimum atomic E-state index is -0.236. The first-order valence-electron chi connectivity index (χ1n) is 10.4. The molecule has 7 nitrogen and oxygen atoms in total. The normalized spacial score (nSPS) is 15.1. The van der Waals surface area contributed by atoms with Gasteiger partial charge in [-0.05, 0) is 42.7 Å². The van der Waals surface area contributed by atoms with Gasteiger partial charge in [0, 0.05) is 32.6 Å². The summed E-state index contributed by atoms with van der Waals surface area (Å²) < 4.78 is 5.55. The largest absolute Gasteiger partial charge is 0.493 e. The lowest BCUT2D eigenvalue weighted by Gasteiger charge is -2.16. The molecule has 0 bridgehead atoms. The zero-order valence-corrected chi connectivity index (χ0v) is 17.1. The first-order valence-corrected chi connectivity index (χ1v) is 10.4. The molecule has 0 radical (unpaired) electrons. The second kappa shape index (κ2) is 8.98. The lowest BCUT2D eigenvalue weighted by atomic mass is 10.1. The molecule has 2 aromatic carbocycles. The number of carbonyl (C=O) groups excluding carboxylic acids is 2. The summed E-state index contributed by atoms with van der Waals surface area (Å²) >= 11 is 0. The summed E-state index contributed by atoms with van der Waals surface area (Å²) in [5, 5.41) is 6.42. The van der Waals surface area contributed by atoms with Crippen LogP contribution in [0.3, 0.4) is 0 Å². The van der Waals surface area contributed by atoms with Gasteiger partial charge in [0.2, 0.25) is 0 Å². The van der Waals surface area contributed by atoms with E-state index >= 15 is 0 Å². The summed E-state index contributed by atoms with van der Waals surface area (Å²) in [6.07, 6.45) is 1.80. The van der Waals surface area contributed by atoms with Crippen LogP contribution in [0.25, 0.3) is 0 Å². The third-order valence-electron chi connectivity index (χ3n) is 5.27. The van der Waals surface area contributed by atoms with Gasteiger partial charge in [0.1, 0.15) is 5.75 Å². The average molecular weight is 406 g/mol. The number of rotatable bonds is 7. The molecule has 2 aliphatic rings. The number of benzene rings is 2. The number of amides is 2. The van der Waals surface area contributed by atoms with Crippen molar-refractivity contribution in [2.45, 2.75) is 19.8 Å². The van der Waals surface area contributed by atoms with Crippen LogP contribution in [-0.4, -0.2) is 55.5 Å². The van der Waals surface area contributed by atoms with E-state index in [9.17, 15) is 9.59 Å². The lowest BCUT2D eigenvalue weighted by molar-refractivity contribution is 0.0657. The molecule has 0 aliphatic carbocycles. The molecule has 30 heavy (non-hydrogen) atoms. The van der Waals surface area contributed by atoms with E-state index in [4.69, 9.17) is 4.74 Å². The lowest BCUT2D eigenvalue weighted by Crippen LogP contribution is -2.43. The molecule has 156 valence electrons. The average Bonchev–Trinajstić information content (AvgIpc) is 3.32. The highest BCUT2D eigenvalue weighted by atomic mass is 16.5. The van der Waals surface area contributed by atoms with E-state index in [1.54, 1.807) is 24.3 Å². The van der Waals surface area contributed by atoms with Crippen molar-refractivity contribution in [1.29, 1.82) is 0 Å². The van der Waals surface area contributed by atoms with Crippen molar-refractivity contribution in [2.75, 3.05) is 32.8 Å². The Morgan fingerprint density at radius 3 is 2.60 bits per heavy atom. The molecule has 0 saturated carbocycles. The predicted molar refractivity (Wildman–Crippen MR) is 115 cm³/mol. The Kier molecular flexibility index (Phi) is 5.97. The summed E-state index contributed by atoms with van der Waals surface area (Å²) in [7, 11) is 0. The molecule has 7 heteroatoms. The van der Waals surface area contributed by atoms with Crippen LogP contribution in [0.15, 0.2) is 47.5 Å². The molecule has 0 unspecified atom stereocenters. The highest BCUT2D eigenvalue weighted by Crippen LogP contribution is 2.26. The summed E-state index contributed by atoms with van der Waals surface area (Å²) in [5.74, 6) is 1.20. The van der Waals surface area contributed by atoms with Crippen LogP contribution in [0, 0.1) is 0 Å². The Morgan fingerprint density at radius 1 is 1.10 bits per heavy atom. The van der Waals surface area contributed by atoms with Gasteiger partial charge >= 0.3 is 0 Å². The third kappa shape index (κ3) is 4.15. The van der Waals surface area contributed by atoms with E-state index in [0.29, 0.717) is 36.7 Å². The van der Waals surface area contributed by atoms with Crippen molar-refractivity contribution in [3.05, 3.63) is 64.7 Å². The molecule has 2 N–H and O–H groups in total. The minimum Gasteiger partial charge on any atom is -0.493 e. The molecule has 0 spiro atoms. The summed E-state index contributed by atoms with van der Waals surface area (Å²) in [4.78, 5) is 30.8. The highest BCUT2D eigenvalue weighted by Gasteiger charge is 2.34. The van der Waals surface area contributed by atoms with Crippen LogP contribution < -0.4 is 15.4 Å². The van der Waals surface area contributed by atoms with E-state index in [-0.39, 0.29) is 11.8 Å². The third-order valence-corrected chi connectivity index (χ3v) is 5.27. The van der Waals surface area contributed by atoms with Gasteiger partial charge in [0.05, 0.1) is 17.7 Å². The van der Waals surface area contributed by atoms with Crippen LogP contribution in [0.5, 0.6) is 5.75 Å². The number of fused-ring (bicyclic) bond motifs is 2. The fraction of sp³-hybridized carbons (Fsp3) is 0.348. The number of carbonyl (C=O) groups is 2. The number of hydrogen-bond donors (Lipinski definition) is 2. The maximum absolute atomic E-state index is 12.4. The van der Waals surface area contributed by atoms with Gasteiger partial charge in [-0.3, -0.25) is 19.5 Å². The quantitative estimate of drug-likeness (QED) is 0.418. The Balaban J connectivity index is 1.29. The molecule has 0 fully saturated rings. The zero-order chi connectivity index (χ0) is 20.9. The molecule has 2 heterocycles. The Hall–Kier alpha value is -3.35. The molecule has 2 amide bonds. The number of nitrogens with one attached hydrogen (secondary N) is 2. The van der Waals surface area contributed by atoms with Crippen LogP contribution >= 0.6 is 0 Å². The molecule has 0 aromatic heterocycles. The van der Waals surface area contributed by atoms with E-state index in [2.05, 4.69) is 27.8 Å². The predicted octanol–water partition coefficient (Wildman–Crippen LogP) is 2.02. The zero-order valence-electron chi connectivity index (χ0n) is 17.1. The SMILES string of the molecule is CCNC(=NCCc1ccc2c(c1)CCO2)NCCN1C(=O)c2ccccc2C1=O. The van der Waals surface area contributed by atoms with Gasteiger partial charge in [-0.1, -0.05) is 24.3 Å². The van der Waals surface area contributed by atoms with Gasteiger partial charge in [0.25, 0.3) is 11.8 Å². The first-order chi connectivity index (χ1) is 14.7. The summed E-state index contributed by atoms with van der Waals surface area (Å²) in [5.41, 5.74) is 3.46. The monoisotopic (exact) mass is 406 g/mol. The number of aliphatic imine (C=N–C) groups is 1. The van der Waals surface area contributed by atoms with Crippen LogP contribution in [-0.2, 0) is 12.8 Å². The van der Waals surface area contributed by atoms with Crippen molar-refractivity contribution in [3.8, 4) is 5.75 Å². The molecular formula is C23H26N4O3. The van der Waals surface area contributed by atoms with Crippen molar-refractivity contribution >= 4 is 17.8 Å². The summed E-state index contributed by atoms with van der Waals surface area (Å²) in [6, 6.07) is 13.3. The van der Waals surface area contributed by atoms with E-state index in [1.165, 1.54) is 16.0 Å². The van der Waals surface area contributed by atoms with E-state index in [1.807, 2.05) is 13.0 Å².